The minimum absolute atomic E-state index is 0.249. The molecule has 0 radical (unpaired) electrons. The molecule has 1 aliphatic rings. The highest BCUT2D eigenvalue weighted by Gasteiger charge is 2.23. The quantitative estimate of drug-likeness (QED) is 0.776. The Morgan fingerprint density at radius 1 is 1.57 bits per heavy atom. The van der Waals surface area contributed by atoms with Crippen LogP contribution < -0.4 is 4.74 Å². The van der Waals surface area contributed by atoms with Gasteiger partial charge in [0.15, 0.2) is 11.6 Å². The van der Waals surface area contributed by atoms with Crippen LogP contribution in [0.3, 0.4) is 0 Å². The third kappa shape index (κ3) is 1.48. The Bertz CT molecular complexity index is 354. The normalized spacial score (nSPS) is 20.4. The smallest absolute Gasteiger partial charge is 0.169 e. The van der Waals surface area contributed by atoms with Gasteiger partial charge in [0, 0.05) is 17.1 Å². The zero-order valence-corrected chi connectivity index (χ0v) is 8.60. The Morgan fingerprint density at radius 3 is 3.07 bits per heavy atom. The lowest BCUT2D eigenvalue weighted by Gasteiger charge is -2.22. The van der Waals surface area contributed by atoms with E-state index >= 15 is 0 Å². The van der Waals surface area contributed by atoms with E-state index in [1.807, 2.05) is 0 Å². The number of fused-ring (bicyclic) bond motifs is 1. The average Bonchev–Trinajstić information content (AvgIpc) is 2.20. The maximum atomic E-state index is 13.7. The summed E-state index contributed by atoms with van der Waals surface area (Å²) < 4.78 is 18.6. The highest BCUT2D eigenvalue weighted by Crippen LogP contribution is 2.36. The number of halogens is 1. The van der Waals surface area contributed by atoms with Crippen molar-refractivity contribution < 1.29 is 14.2 Å². The van der Waals surface area contributed by atoms with Crippen molar-refractivity contribution in [1.29, 1.82) is 0 Å². The highest BCUT2D eigenvalue weighted by molar-refractivity contribution is 7.98. The summed E-state index contributed by atoms with van der Waals surface area (Å²) in [6, 6.07) is 3.30. The molecule has 1 aliphatic heterocycles. The van der Waals surface area contributed by atoms with Crippen LogP contribution in [-0.2, 0) is 5.75 Å². The van der Waals surface area contributed by atoms with Gasteiger partial charge in [0.25, 0.3) is 0 Å². The van der Waals surface area contributed by atoms with E-state index < -0.39 is 6.10 Å². The maximum Gasteiger partial charge on any atom is 0.169 e. The fourth-order valence-electron chi connectivity index (χ4n) is 1.59. The number of aliphatic hydroxyl groups is 1. The molecule has 1 aromatic carbocycles. The van der Waals surface area contributed by atoms with Crippen molar-refractivity contribution in [3.05, 3.63) is 29.1 Å². The molecule has 0 bridgehead atoms. The zero-order valence-electron chi connectivity index (χ0n) is 7.79. The molecule has 76 valence electrons. The lowest BCUT2D eigenvalue weighted by atomic mass is 10.0. The van der Waals surface area contributed by atoms with Crippen LogP contribution in [0.1, 0.15) is 17.2 Å². The molecule has 1 N–H and O–H groups in total. The second-order valence-corrected chi connectivity index (χ2v) is 4.21. The number of benzene rings is 1. The summed E-state index contributed by atoms with van der Waals surface area (Å²) in [5, 5.41) is 9.62. The second kappa shape index (κ2) is 3.79. The molecule has 0 aromatic heterocycles. The van der Waals surface area contributed by atoms with Gasteiger partial charge in [0.2, 0.25) is 0 Å². The molecule has 1 aromatic rings. The largest absolute Gasteiger partial charge is 0.494 e. The number of ether oxygens (including phenoxy) is 1. The molecule has 1 unspecified atom stereocenters. The predicted octanol–water partition coefficient (Wildman–Crippen LogP) is 2.11. The van der Waals surface area contributed by atoms with Crippen molar-refractivity contribution in [3.63, 3.8) is 0 Å². The Morgan fingerprint density at radius 2 is 2.36 bits per heavy atom. The van der Waals surface area contributed by atoms with E-state index in [1.54, 1.807) is 12.1 Å². The standard InChI is InChI=1S/C10H11FO2S/c1-13-9-3-2-6-7(10(9)11)4-14-5-8(6)12/h2-3,8,12H,4-5H2,1H3. The summed E-state index contributed by atoms with van der Waals surface area (Å²) >= 11 is 1.53. The lowest BCUT2D eigenvalue weighted by molar-refractivity contribution is 0.200. The van der Waals surface area contributed by atoms with Gasteiger partial charge in [0.05, 0.1) is 13.2 Å². The van der Waals surface area contributed by atoms with E-state index in [0.717, 1.165) is 0 Å². The molecule has 0 spiro atoms. The summed E-state index contributed by atoms with van der Waals surface area (Å²) in [6.45, 7) is 0. The third-order valence-electron chi connectivity index (χ3n) is 2.35. The van der Waals surface area contributed by atoms with Gasteiger partial charge >= 0.3 is 0 Å². The first-order valence-electron chi connectivity index (χ1n) is 4.35. The van der Waals surface area contributed by atoms with Crippen LogP contribution in [0.2, 0.25) is 0 Å². The fraction of sp³-hybridized carbons (Fsp3) is 0.400. The number of hydrogen-bond acceptors (Lipinski definition) is 3. The van der Waals surface area contributed by atoms with Gasteiger partial charge in [-0.05, 0) is 11.6 Å². The third-order valence-corrected chi connectivity index (χ3v) is 3.39. The van der Waals surface area contributed by atoms with E-state index in [2.05, 4.69) is 0 Å². The lowest BCUT2D eigenvalue weighted by Crippen LogP contribution is -2.12. The van der Waals surface area contributed by atoms with Crippen molar-refractivity contribution in [2.75, 3.05) is 12.9 Å². The van der Waals surface area contributed by atoms with Crippen molar-refractivity contribution in [2.45, 2.75) is 11.9 Å². The molecule has 1 atom stereocenters. The minimum Gasteiger partial charge on any atom is -0.494 e. The molecule has 0 saturated heterocycles. The molecule has 2 nitrogen and oxygen atoms in total. The van der Waals surface area contributed by atoms with E-state index in [1.165, 1.54) is 18.9 Å². The van der Waals surface area contributed by atoms with Gasteiger partial charge in [-0.2, -0.15) is 11.8 Å². The van der Waals surface area contributed by atoms with Gasteiger partial charge in [0.1, 0.15) is 0 Å². The van der Waals surface area contributed by atoms with Gasteiger partial charge in [-0.25, -0.2) is 4.39 Å². The maximum absolute atomic E-state index is 13.7. The van der Waals surface area contributed by atoms with E-state index in [4.69, 9.17) is 4.74 Å². The van der Waals surface area contributed by atoms with Crippen LogP contribution in [0, 0.1) is 5.82 Å². The SMILES string of the molecule is COc1ccc2c(c1F)CSCC2O. The number of rotatable bonds is 1. The van der Waals surface area contributed by atoms with Gasteiger partial charge < -0.3 is 9.84 Å². The number of thioether (sulfide) groups is 1. The zero-order chi connectivity index (χ0) is 10.1. The predicted molar refractivity (Wildman–Crippen MR) is 54.1 cm³/mol. The number of aliphatic hydroxyl groups excluding tert-OH is 1. The highest BCUT2D eigenvalue weighted by atomic mass is 32.2. The molecule has 1 heterocycles. The molecule has 14 heavy (non-hydrogen) atoms. The Hall–Kier alpha value is -0.740. The van der Waals surface area contributed by atoms with Crippen molar-refractivity contribution >= 4 is 11.8 Å². The van der Waals surface area contributed by atoms with E-state index in [0.29, 0.717) is 22.6 Å². The van der Waals surface area contributed by atoms with Crippen LogP contribution in [-0.4, -0.2) is 18.0 Å². The first-order chi connectivity index (χ1) is 6.74. The first kappa shape index (κ1) is 9.80. The Labute approximate surface area is 86.1 Å². The van der Waals surface area contributed by atoms with Crippen molar-refractivity contribution in [3.8, 4) is 5.75 Å². The summed E-state index contributed by atoms with van der Waals surface area (Å²) in [6.07, 6.45) is -0.552. The van der Waals surface area contributed by atoms with Crippen LogP contribution in [0.25, 0.3) is 0 Å². The summed E-state index contributed by atoms with van der Waals surface area (Å²) in [4.78, 5) is 0. The van der Waals surface area contributed by atoms with Crippen LogP contribution >= 0.6 is 11.8 Å². The molecule has 0 saturated carbocycles. The van der Waals surface area contributed by atoms with Crippen LogP contribution in [0.4, 0.5) is 4.39 Å². The van der Waals surface area contributed by atoms with Crippen LogP contribution in [0.5, 0.6) is 5.75 Å². The minimum atomic E-state index is -0.552. The monoisotopic (exact) mass is 214 g/mol. The summed E-state index contributed by atoms with van der Waals surface area (Å²) in [5.41, 5.74) is 1.27. The number of methoxy groups -OCH3 is 1. The molecular formula is C10H11FO2S. The molecule has 0 aliphatic carbocycles. The van der Waals surface area contributed by atoms with Gasteiger partial charge in [-0.3, -0.25) is 0 Å². The van der Waals surface area contributed by atoms with E-state index in [-0.39, 0.29) is 11.6 Å². The summed E-state index contributed by atoms with van der Waals surface area (Å²) in [7, 11) is 1.44. The first-order valence-corrected chi connectivity index (χ1v) is 5.50. The number of hydrogen-bond donors (Lipinski definition) is 1. The van der Waals surface area contributed by atoms with Crippen molar-refractivity contribution in [2.24, 2.45) is 0 Å². The van der Waals surface area contributed by atoms with Gasteiger partial charge in [-0.1, -0.05) is 6.07 Å². The van der Waals surface area contributed by atoms with Crippen molar-refractivity contribution in [1.82, 2.24) is 0 Å². The Balaban J connectivity index is 2.52. The molecule has 4 heteroatoms. The van der Waals surface area contributed by atoms with E-state index in [9.17, 15) is 9.50 Å². The molecule has 2 rings (SSSR count). The Kier molecular flexibility index (Phi) is 2.65. The summed E-state index contributed by atoms with van der Waals surface area (Å²) in [5.74, 6) is 1.16. The topological polar surface area (TPSA) is 29.5 Å². The average molecular weight is 214 g/mol. The van der Waals surface area contributed by atoms with Crippen LogP contribution in [0.15, 0.2) is 12.1 Å². The molecular weight excluding hydrogens is 203 g/mol. The molecule has 0 amide bonds. The second-order valence-electron chi connectivity index (χ2n) is 3.18. The molecule has 0 fully saturated rings. The fourth-order valence-corrected chi connectivity index (χ4v) is 2.61. The van der Waals surface area contributed by atoms with Gasteiger partial charge in [-0.15, -0.1) is 0 Å².